The van der Waals surface area contributed by atoms with Gasteiger partial charge in [-0.05, 0) is 18.1 Å². The zero-order valence-electron chi connectivity index (χ0n) is 14.8. The molecule has 16 nitrogen and oxygen atoms in total. The van der Waals surface area contributed by atoms with Crippen molar-refractivity contribution in [2.75, 3.05) is 13.2 Å². The fraction of sp³-hybridized carbons (Fsp3) is 0.667. The van der Waals surface area contributed by atoms with E-state index < -0.39 is 40.3 Å². The third kappa shape index (κ3) is 4.94. The molecule has 2 saturated heterocycles. The maximum absolute atomic E-state index is 12.3. The lowest BCUT2D eigenvalue weighted by molar-refractivity contribution is -0.132. The Balaban J connectivity index is 1.52. The summed E-state index contributed by atoms with van der Waals surface area (Å²) in [5, 5.41) is 20.4. The van der Waals surface area contributed by atoms with Gasteiger partial charge in [0.25, 0.3) is 11.8 Å². The van der Waals surface area contributed by atoms with Crippen molar-refractivity contribution < 1.29 is 36.7 Å². The number of piperidine rings is 1. The Kier molecular flexibility index (Phi) is 5.91. The van der Waals surface area contributed by atoms with E-state index in [9.17, 15) is 22.8 Å². The summed E-state index contributed by atoms with van der Waals surface area (Å²) in [4.78, 5) is 38.6. The molecule has 0 unspecified atom stereocenters. The van der Waals surface area contributed by atoms with E-state index in [-0.39, 0.29) is 44.8 Å². The van der Waals surface area contributed by atoms with Crippen molar-refractivity contribution in [3.63, 3.8) is 0 Å². The molecule has 0 spiro atoms. The molecule has 4 N–H and O–H groups in total. The van der Waals surface area contributed by atoms with E-state index in [1.54, 1.807) is 0 Å². The first-order valence-electron chi connectivity index (χ1n) is 8.41. The van der Waals surface area contributed by atoms with Crippen molar-refractivity contribution in [3.05, 3.63) is 5.82 Å². The summed E-state index contributed by atoms with van der Waals surface area (Å²) in [6, 6.07) is -2.48. The van der Waals surface area contributed by atoms with E-state index in [4.69, 9.17) is 9.66 Å². The summed E-state index contributed by atoms with van der Waals surface area (Å²) in [5.41, 5.74) is 4.34. The van der Waals surface area contributed by atoms with Gasteiger partial charge in [-0.3, -0.25) is 25.0 Å². The number of aliphatic hydroxyl groups is 1. The molecule has 0 aliphatic carbocycles. The van der Waals surface area contributed by atoms with Gasteiger partial charge in [-0.25, -0.2) is 4.79 Å². The van der Waals surface area contributed by atoms with Gasteiger partial charge >= 0.3 is 16.4 Å². The number of tetrazole rings is 1. The highest BCUT2D eigenvalue weighted by Crippen LogP contribution is 2.30. The van der Waals surface area contributed by atoms with E-state index in [0.29, 0.717) is 5.06 Å². The van der Waals surface area contributed by atoms with E-state index in [2.05, 4.69) is 30.5 Å². The number of nitrogens with one attached hydrogen (secondary N) is 2. The Morgan fingerprint density at radius 1 is 1.28 bits per heavy atom. The van der Waals surface area contributed by atoms with Gasteiger partial charge in [0.2, 0.25) is 0 Å². The second-order valence-electron chi connectivity index (χ2n) is 6.26. The molecular weight excluding hydrogens is 416 g/mol. The summed E-state index contributed by atoms with van der Waals surface area (Å²) in [6.45, 7) is -0.487. The maximum Gasteiger partial charge on any atom is 0.418 e. The van der Waals surface area contributed by atoms with E-state index in [0.717, 1.165) is 9.70 Å². The molecule has 0 aromatic carbocycles. The van der Waals surface area contributed by atoms with Gasteiger partial charge in [-0.1, -0.05) is 0 Å². The monoisotopic (exact) mass is 434 g/mol. The van der Waals surface area contributed by atoms with Crippen molar-refractivity contribution in [2.45, 2.75) is 37.9 Å². The van der Waals surface area contributed by atoms with Crippen LogP contribution in [0.5, 0.6) is 0 Å². The number of nitrogens with zero attached hydrogens (tertiary/aromatic N) is 6. The number of rotatable bonds is 7. The molecule has 2 aliphatic rings. The van der Waals surface area contributed by atoms with Crippen molar-refractivity contribution in [1.82, 2.24) is 41.0 Å². The SMILES string of the molecule is O=C(Cn1nnc(CCO)n1)NNC(=O)[C@@H]1CC[C@@H]2CN1C(=O)N2OS(=O)(=O)O. The van der Waals surface area contributed by atoms with Gasteiger partial charge in [0, 0.05) is 13.0 Å². The van der Waals surface area contributed by atoms with Crippen LogP contribution in [0, 0.1) is 0 Å². The Morgan fingerprint density at radius 3 is 2.72 bits per heavy atom. The van der Waals surface area contributed by atoms with Crippen LogP contribution in [0.25, 0.3) is 0 Å². The zero-order chi connectivity index (χ0) is 21.2. The summed E-state index contributed by atoms with van der Waals surface area (Å²) >= 11 is 0. The quantitative estimate of drug-likeness (QED) is 0.243. The summed E-state index contributed by atoms with van der Waals surface area (Å²) in [6.07, 6.45) is 0.627. The minimum atomic E-state index is -4.88. The lowest BCUT2D eigenvalue weighted by atomic mass is 10.0. The molecule has 17 heteroatoms. The Bertz CT molecular complexity index is 903. The highest BCUT2D eigenvalue weighted by Gasteiger charge is 2.49. The van der Waals surface area contributed by atoms with Crippen LogP contribution in [0.15, 0.2) is 0 Å². The predicted molar refractivity (Wildman–Crippen MR) is 88.3 cm³/mol. The van der Waals surface area contributed by atoms with Crippen molar-refractivity contribution >= 4 is 28.2 Å². The fourth-order valence-electron chi connectivity index (χ4n) is 3.03. The van der Waals surface area contributed by atoms with E-state index in [1.807, 2.05) is 0 Å². The van der Waals surface area contributed by atoms with Gasteiger partial charge in [0.15, 0.2) is 5.82 Å². The molecule has 1 aromatic heterocycles. The van der Waals surface area contributed by atoms with Crippen LogP contribution in [0.2, 0.25) is 0 Å². The number of aliphatic hydroxyl groups excluding tert-OH is 1. The molecule has 160 valence electrons. The smallest absolute Gasteiger partial charge is 0.396 e. The summed E-state index contributed by atoms with van der Waals surface area (Å²) in [5.74, 6) is -1.10. The number of carbonyl (C=O) groups is 3. The number of hydrogen-bond acceptors (Lipinski definition) is 10. The molecule has 4 amide bonds. The molecule has 29 heavy (non-hydrogen) atoms. The van der Waals surface area contributed by atoms with E-state index >= 15 is 0 Å². The number of fused-ring (bicyclic) bond motifs is 2. The van der Waals surface area contributed by atoms with Gasteiger partial charge in [-0.15, -0.1) is 14.5 Å². The van der Waals surface area contributed by atoms with Crippen molar-refractivity contribution in [2.24, 2.45) is 0 Å². The van der Waals surface area contributed by atoms with Crippen LogP contribution in [0.4, 0.5) is 4.79 Å². The minimum Gasteiger partial charge on any atom is -0.396 e. The number of amides is 4. The van der Waals surface area contributed by atoms with Gasteiger partial charge in [-0.2, -0.15) is 18.3 Å². The molecule has 3 rings (SSSR count). The molecule has 3 heterocycles. The Morgan fingerprint density at radius 2 is 2.03 bits per heavy atom. The normalized spacial score (nSPS) is 21.4. The topological polar surface area (TPSA) is 209 Å². The molecule has 1 aromatic rings. The molecule has 2 aliphatic heterocycles. The molecule has 2 fully saturated rings. The summed E-state index contributed by atoms with van der Waals surface area (Å²) in [7, 11) is -4.88. The number of carbonyl (C=O) groups excluding carboxylic acids is 3. The molecule has 2 bridgehead atoms. The Hall–Kier alpha value is -2.89. The number of hydrazine groups is 1. The first-order valence-corrected chi connectivity index (χ1v) is 9.77. The first-order chi connectivity index (χ1) is 13.7. The average Bonchev–Trinajstić information content (AvgIpc) is 3.17. The predicted octanol–water partition coefficient (Wildman–Crippen LogP) is -3.64. The number of hydrogen-bond donors (Lipinski definition) is 4. The third-order valence-electron chi connectivity index (χ3n) is 4.24. The minimum absolute atomic E-state index is 0.0247. The van der Waals surface area contributed by atoms with Crippen LogP contribution in [0.1, 0.15) is 18.7 Å². The number of urea groups is 1. The lowest BCUT2D eigenvalue weighted by Crippen LogP contribution is -2.54. The van der Waals surface area contributed by atoms with Crippen LogP contribution in [-0.4, -0.2) is 91.3 Å². The molecule has 0 saturated carbocycles. The third-order valence-corrected chi connectivity index (χ3v) is 4.59. The van der Waals surface area contributed by atoms with Gasteiger partial charge in [0.05, 0.1) is 12.6 Å². The highest BCUT2D eigenvalue weighted by atomic mass is 32.3. The van der Waals surface area contributed by atoms with Crippen LogP contribution < -0.4 is 10.9 Å². The Labute approximate surface area is 163 Å². The second-order valence-corrected chi connectivity index (χ2v) is 7.26. The fourth-order valence-corrected chi connectivity index (χ4v) is 3.42. The molecular formula is C12H18N8O8S. The van der Waals surface area contributed by atoms with E-state index in [1.165, 1.54) is 0 Å². The zero-order valence-corrected chi connectivity index (χ0v) is 15.6. The average molecular weight is 434 g/mol. The van der Waals surface area contributed by atoms with Gasteiger partial charge in [0.1, 0.15) is 12.6 Å². The lowest BCUT2D eigenvalue weighted by Gasteiger charge is -2.29. The van der Waals surface area contributed by atoms with Crippen molar-refractivity contribution in [1.29, 1.82) is 0 Å². The van der Waals surface area contributed by atoms with Crippen LogP contribution >= 0.6 is 0 Å². The standard InChI is InChI=1S/C12H18N8O8S/c21-4-3-9-13-17-19(16-9)6-10(22)14-15-11(23)8-2-1-7-5-18(8)12(24)20(7)28-29(25,26)27/h7-8,21H,1-6H2,(H,14,22)(H,15,23)(H,25,26,27)/t7-,8+/m1/s1. The largest absolute Gasteiger partial charge is 0.418 e. The maximum atomic E-state index is 12.3. The van der Waals surface area contributed by atoms with Crippen LogP contribution in [-0.2, 0) is 37.2 Å². The highest BCUT2D eigenvalue weighted by molar-refractivity contribution is 7.80. The number of aromatic nitrogens is 4. The van der Waals surface area contributed by atoms with Gasteiger partial charge < -0.3 is 10.0 Å². The first kappa shape index (κ1) is 20.8. The summed E-state index contributed by atoms with van der Waals surface area (Å²) < 4.78 is 34.8. The van der Waals surface area contributed by atoms with Crippen molar-refractivity contribution in [3.8, 4) is 0 Å². The van der Waals surface area contributed by atoms with Crippen LogP contribution in [0.3, 0.4) is 0 Å². The second kappa shape index (κ2) is 8.23. The number of hydroxylamine groups is 2. The molecule has 2 atom stereocenters. The molecule has 0 radical (unpaired) electrons.